The molecule has 3 aromatic rings. The maximum absolute atomic E-state index is 12.2. The Hall–Kier alpha value is -1.54. The standard InChI is InChI=1S/C21H19OPS2/c22-21(18-4-2-1-3-5-18)25-20-12-10-19(11-13-20)24-15-17-8-6-16(14-23)7-9-17/h1-13H,14-15,23H2. The third-order valence-electron chi connectivity index (χ3n) is 3.71. The summed E-state index contributed by atoms with van der Waals surface area (Å²) in [7, 11) is 2.75. The van der Waals surface area contributed by atoms with Gasteiger partial charge in [0.2, 0.25) is 5.12 Å². The van der Waals surface area contributed by atoms with Crippen LogP contribution in [0, 0.1) is 0 Å². The van der Waals surface area contributed by atoms with E-state index in [0.29, 0.717) is 0 Å². The van der Waals surface area contributed by atoms with E-state index in [0.717, 1.165) is 22.4 Å². The third kappa shape index (κ3) is 5.47. The maximum Gasteiger partial charge on any atom is 0.224 e. The minimum Gasteiger partial charge on any atom is -0.281 e. The molecule has 0 bridgehead atoms. The Balaban J connectivity index is 1.55. The minimum atomic E-state index is 0.0789. The zero-order chi connectivity index (χ0) is 17.5. The van der Waals surface area contributed by atoms with Crippen molar-refractivity contribution in [1.29, 1.82) is 0 Å². The van der Waals surface area contributed by atoms with Gasteiger partial charge in [-0.15, -0.1) is 21.0 Å². The van der Waals surface area contributed by atoms with Crippen LogP contribution in [0.1, 0.15) is 21.5 Å². The Morgan fingerprint density at radius 3 is 2.00 bits per heavy atom. The molecule has 25 heavy (non-hydrogen) atoms. The van der Waals surface area contributed by atoms with Crippen LogP contribution in [-0.2, 0) is 11.9 Å². The van der Waals surface area contributed by atoms with Gasteiger partial charge in [0.1, 0.15) is 0 Å². The summed E-state index contributed by atoms with van der Waals surface area (Å²) in [6, 6.07) is 26.3. The number of hydrogen-bond acceptors (Lipinski definition) is 3. The van der Waals surface area contributed by atoms with Crippen LogP contribution >= 0.6 is 32.8 Å². The molecular formula is C21H19OPS2. The summed E-state index contributed by atoms with van der Waals surface area (Å²) >= 11 is 3.09. The number of benzene rings is 3. The van der Waals surface area contributed by atoms with Crippen molar-refractivity contribution in [2.45, 2.75) is 21.7 Å². The summed E-state index contributed by atoms with van der Waals surface area (Å²) in [5.41, 5.74) is 3.40. The molecular weight excluding hydrogens is 363 g/mol. The highest BCUT2D eigenvalue weighted by Crippen LogP contribution is 2.28. The summed E-state index contributed by atoms with van der Waals surface area (Å²) in [6.07, 6.45) is 0.994. The molecule has 1 atom stereocenters. The fraction of sp³-hybridized carbons (Fsp3) is 0.0952. The van der Waals surface area contributed by atoms with Crippen LogP contribution in [0.5, 0.6) is 0 Å². The smallest absolute Gasteiger partial charge is 0.224 e. The average Bonchev–Trinajstić information content (AvgIpc) is 2.68. The number of hydrogen-bond donors (Lipinski definition) is 0. The van der Waals surface area contributed by atoms with Crippen molar-refractivity contribution in [3.8, 4) is 0 Å². The molecule has 1 unspecified atom stereocenters. The molecule has 0 saturated carbocycles. The van der Waals surface area contributed by atoms with E-state index < -0.39 is 0 Å². The summed E-state index contributed by atoms with van der Waals surface area (Å²) < 4.78 is 0. The van der Waals surface area contributed by atoms with Crippen LogP contribution in [0.4, 0.5) is 0 Å². The molecule has 1 nitrogen and oxygen atoms in total. The molecule has 126 valence electrons. The molecule has 3 aromatic carbocycles. The van der Waals surface area contributed by atoms with Crippen LogP contribution in [0.3, 0.4) is 0 Å². The molecule has 0 N–H and O–H groups in total. The molecule has 0 spiro atoms. The van der Waals surface area contributed by atoms with Crippen LogP contribution in [-0.4, -0.2) is 5.12 Å². The van der Waals surface area contributed by atoms with E-state index in [4.69, 9.17) is 0 Å². The van der Waals surface area contributed by atoms with Gasteiger partial charge in [-0.25, -0.2) is 0 Å². The lowest BCUT2D eigenvalue weighted by molar-refractivity contribution is 0.108. The fourth-order valence-corrected chi connectivity index (χ4v) is 4.15. The Bertz CT molecular complexity index is 815. The van der Waals surface area contributed by atoms with E-state index in [1.54, 1.807) is 0 Å². The quantitative estimate of drug-likeness (QED) is 0.368. The lowest BCUT2D eigenvalue weighted by Crippen LogP contribution is -1.91. The summed E-state index contributed by atoms with van der Waals surface area (Å²) in [6.45, 7) is 0. The second-order valence-electron chi connectivity index (χ2n) is 5.54. The second-order valence-corrected chi connectivity index (χ2v) is 8.04. The largest absolute Gasteiger partial charge is 0.281 e. The number of rotatable bonds is 6. The van der Waals surface area contributed by atoms with Gasteiger partial charge >= 0.3 is 0 Å². The normalized spacial score (nSPS) is 10.6. The van der Waals surface area contributed by atoms with Crippen molar-refractivity contribution in [3.05, 3.63) is 95.6 Å². The first-order chi connectivity index (χ1) is 12.2. The molecule has 0 aliphatic rings. The second kappa shape index (κ2) is 9.24. The number of thioether (sulfide) groups is 2. The van der Waals surface area contributed by atoms with Gasteiger partial charge in [0.15, 0.2) is 0 Å². The topological polar surface area (TPSA) is 17.1 Å². The van der Waals surface area contributed by atoms with Crippen molar-refractivity contribution < 1.29 is 4.79 Å². The molecule has 0 radical (unpaired) electrons. The number of carbonyl (C=O) groups excluding carboxylic acids is 1. The van der Waals surface area contributed by atoms with Crippen molar-refractivity contribution in [2.24, 2.45) is 0 Å². The Morgan fingerprint density at radius 2 is 1.36 bits per heavy atom. The SMILES string of the molecule is O=C(Sc1ccc(SCc2ccc(CP)cc2)cc1)c1ccccc1. The number of carbonyl (C=O) groups is 1. The minimum absolute atomic E-state index is 0.0789. The van der Waals surface area contributed by atoms with Gasteiger partial charge in [0.05, 0.1) is 0 Å². The average molecular weight is 382 g/mol. The first kappa shape index (κ1) is 18.3. The monoisotopic (exact) mass is 382 g/mol. The van der Waals surface area contributed by atoms with Gasteiger partial charge in [-0.1, -0.05) is 54.6 Å². The zero-order valence-electron chi connectivity index (χ0n) is 13.7. The van der Waals surface area contributed by atoms with Gasteiger partial charge in [-0.3, -0.25) is 4.79 Å². The summed E-state index contributed by atoms with van der Waals surface area (Å²) in [5.74, 6) is 0.951. The first-order valence-electron chi connectivity index (χ1n) is 8.02. The van der Waals surface area contributed by atoms with Crippen molar-refractivity contribution in [2.75, 3.05) is 0 Å². The van der Waals surface area contributed by atoms with Gasteiger partial charge in [0, 0.05) is 21.1 Å². The summed E-state index contributed by atoms with van der Waals surface area (Å²) in [5, 5.41) is 0.0789. The molecule has 0 aromatic heterocycles. The van der Waals surface area contributed by atoms with Gasteiger partial charge < -0.3 is 0 Å². The highest BCUT2D eigenvalue weighted by Gasteiger charge is 2.07. The third-order valence-corrected chi connectivity index (χ3v) is 6.19. The Kier molecular flexibility index (Phi) is 6.75. The molecule has 0 aliphatic heterocycles. The molecule has 4 heteroatoms. The maximum atomic E-state index is 12.2. The molecule has 0 aliphatic carbocycles. The summed E-state index contributed by atoms with van der Waals surface area (Å²) in [4.78, 5) is 14.4. The highest BCUT2D eigenvalue weighted by atomic mass is 32.2. The van der Waals surface area contributed by atoms with Gasteiger partial charge in [0.25, 0.3) is 0 Å². The Labute approximate surface area is 159 Å². The van der Waals surface area contributed by atoms with Crippen LogP contribution < -0.4 is 0 Å². The zero-order valence-corrected chi connectivity index (χ0v) is 16.5. The van der Waals surface area contributed by atoms with Gasteiger partial charge in [-0.05, 0) is 53.3 Å². The van der Waals surface area contributed by atoms with E-state index in [1.165, 1.54) is 27.8 Å². The molecule has 3 rings (SSSR count). The van der Waals surface area contributed by atoms with Crippen molar-refractivity contribution in [3.63, 3.8) is 0 Å². The van der Waals surface area contributed by atoms with Crippen LogP contribution in [0.2, 0.25) is 0 Å². The predicted molar refractivity (Wildman–Crippen MR) is 112 cm³/mol. The molecule has 0 heterocycles. The lowest BCUT2D eigenvalue weighted by atomic mass is 10.2. The Morgan fingerprint density at radius 1 is 0.760 bits per heavy atom. The van der Waals surface area contributed by atoms with E-state index in [9.17, 15) is 4.79 Å². The molecule has 0 saturated heterocycles. The van der Waals surface area contributed by atoms with E-state index >= 15 is 0 Å². The van der Waals surface area contributed by atoms with Crippen LogP contribution in [0.25, 0.3) is 0 Å². The van der Waals surface area contributed by atoms with E-state index in [2.05, 4.69) is 45.6 Å². The lowest BCUT2D eigenvalue weighted by Gasteiger charge is -2.05. The van der Waals surface area contributed by atoms with Crippen molar-refractivity contribution in [1.82, 2.24) is 0 Å². The van der Waals surface area contributed by atoms with Crippen LogP contribution in [0.15, 0.2) is 88.7 Å². The van der Waals surface area contributed by atoms with E-state index in [-0.39, 0.29) is 5.12 Å². The molecule has 0 fully saturated rings. The van der Waals surface area contributed by atoms with Crippen molar-refractivity contribution >= 4 is 37.9 Å². The highest BCUT2D eigenvalue weighted by molar-refractivity contribution is 8.14. The predicted octanol–water partition coefficient (Wildman–Crippen LogP) is 6.29. The van der Waals surface area contributed by atoms with E-state index in [1.807, 2.05) is 54.2 Å². The first-order valence-corrected chi connectivity index (χ1v) is 10.6. The molecule has 0 amide bonds. The van der Waals surface area contributed by atoms with Gasteiger partial charge in [-0.2, -0.15) is 0 Å². The fourth-order valence-electron chi connectivity index (χ4n) is 2.28.